The lowest BCUT2D eigenvalue weighted by Crippen LogP contribution is -2.09. The Hall–Kier alpha value is -3.74. The lowest BCUT2D eigenvalue weighted by atomic mass is 10.1. The lowest BCUT2D eigenvalue weighted by molar-refractivity contribution is -0.111. The van der Waals surface area contributed by atoms with Crippen molar-refractivity contribution in [1.29, 1.82) is 0 Å². The van der Waals surface area contributed by atoms with Crippen molar-refractivity contribution in [3.8, 4) is 22.4 Å². The predicted octanol–water partition coefficient (Wildman–Crippen LogP) is 3.15. The number of aryl methyl sites for hydroxylation is 1. The Balaban J connectivity index is 1.77. The molecule has 0 atom stereocenters. The van der Waals surface area contributed by atoms with Gasteiger partial charge in [0, 0.05) is 53.9 Å². The number of H-pyrrole nitrogens is 1. The van der Waals surface area contributed by atoms with E-state index < -0.39 is 0 Å². The molecule has 26 heavy (non-hydrogen) atoms. The van der Waals surface area contributed by atoms with Gasteiger partial charge in [-0.3, -0.25) is 4.79 Å². The molecular weight excluding hydrogens is 328 g/mol. The summed E-state index contributed by atoms with van der Waals surface area (Å²) in [7, 11) is 1.87. The highest BCUT2D eigenvalue weighted by Crippen LogP contribution is 2.31. The van der Waals surface area contributed by atoms with Crippen LogP contribution in [-0.2, 0) is 11.8 Å². The van der Waals surface area contributed by atoms with Crippen LogP contribution in [0, 0.1) is 0 Å². The highest BCUT2D eigenvalue weighted by atomic mass is 16.1. The molecule has 0 aliphatic rings. The summed E-state index contributed by atoms with van der Waals surface area (Å²) in [6, 6.07) is 5.83. The van der Waals surface area contributed by atoms with Gasteiger partial charge in [-0.05, 0) is 24.3 Å². The molecule has 0 saturated carbocycles. The van der Waals surface area contributed by atoms with Crippen molar-refractivity contribution in [1.82, 2.24) is 24.5 Å². The first-order valence-electron chi connectivity index (χ1n) is 7.99. The summed E-state index contributed by atoms with van der Waals surface area (Å²) >= 11 is 0. The summed E-state index contributed by atoms with van der Waals surface area (Å²) < 4.78 is 1.85. The molecule has 4 aromatic rings. The standard InChI is InChI=1S/C19H16N6O/c1-3-18(26)24-17-7-13(10-25(17)2)12-6-14-15(9-22-19(14)21-8-12)16-4-5-20-11-23-16/h3-11H,1H2,2H3,(H,21,22)(H,24,26). The SMILES string of the molecule is C=CC(=O)Nc1cc(-c2cnc3[nH]cc(-c4ccncn4)c3c2)cn1C. The summed E-state index contributed by atoms with van der Waals surface area (Å²) in [5.74, 6) is 0.443. The molecule has 0 unspecified atom stereocenters. The van der Waals surface area contributed by atoms with E-state index in [4.69, 9.17) is 0 Å². The van der Waals surface area contributed by atoms with Crippen LogP contribution in [0.5, 0.6) is 0 Å². The van der Waals surface area contributed by atoms with Gasteiger partial charge in [-0.1, -0.05) is 6.58 Å². The first-order chi connectivity index (χ1) is 12.7. The van der Waals surface area contributed by atoms with Crippen molar-refractivity contribution < 1.29 is 4.79 Å². The minimum Gasteiger partial charge on any atom is -0.345 e. The number of anilines is 1. The highest BCUT2D eigenvalue weighted by Gasteiger charge is 2.12. The van der Waals surface area contributed by atoms with Crippen molar-refractivity contribution in [3.63, 3.8) is 0 Å². The van der Waals surface area contributed by atoms with E-state index in [0.717, 1.165) is 33.4 Å². The normalized spacial score (nSPS) is 10.8. The maximum Gasteiger partial charge on any atom is 0.248 e. The van der Waals surface area contributed by atoms with Crippen LogP contribution in [0.1, 0.15) is 0 Å². The van der Waals surface area contributed by atoms with E-state index in [1.54, 1.807) is 12.4 Å². The molecule has 7 nitrogen and oxygen atoms in total. The minimum atomic E-state index is -0.247. The number of pyridine rings is 1. The van der Waals surface area contributed by atoms with Gasteiger partial charge in [-0.15, -0.1) is 0 Å². The summed E-state index contributed by atoms with van der Waals surface area (Å²) in [6.07, 6.45) is 10.1. The topological polar surface area (TPSA) is 88.5 Å². The van der Waals surface area contributed by atoms with Gasteiger partial charge in [0.05, 0.1) is 5.69 Å². The molecule has 2 N–H and O–H groups in total. The van der Waals surface area contributed by atoms with Crippen LogP contribution in [0.2, 0.25) is 0 Å². The minimum absolute atomic E-state index is 0.247. The quantitative estimate of drug-likeness (QED) is 0.557. The maximum atomic E-state index is 11.5. The number of rotatable bonds is 4. The van der Waals surface area contributed by atoms with E-state index >= 15 is 0 Å². The van der Waals surface area contributed by atoms with Crippen LogP contribution < -0.4 is 5.32 Å². The van der Waals surface area contributed by atoms with Crippen LogP contribution >= 0.6 is 0 Å². The van der Waals surface area contributed by atoms with E-state index in [2.05, 4.69) is 37.9 Å². The summed E-state index contributed by atoms with van der Waals surface area (Å²) in [5, 5.41) is 3.76. The van der Waals surface area contributed by atoms with Crippen LogP contribution in [-0.4, -0.2) is 30.4 Å². The van der Waals surface area contributed by atoms with Crippen LogP contribution in [0.15, 0.2) is 62.0 Å². The second-order valence-corrected chi connectivity index (χ2v) is 5.84. The average molecular weight is 344 g/mol. The summed E-state index contributed by atoms with van der Waals surface area (Å²) in [5.41, 5.74) is 4.49. The molecular formula is C19H16N6O. The van der Waals surface area contributed by atoms with Gasteiger partial charge in [0.1, 0.15) is 17.8 Å². The Bertz CT molecular complexity index is 1110. The number of fused-ring (bicyclic) bond motifs is 1. The van der Waals surface area contributed by atoms with Crippen LogP contribution in [0.25, 0.3) is 33.4 Å². The molecule has 0 aliphatic heterocycles. The number of carbonyl (C=O) groups is 1. The predicted molar refractivity (Wildman–Crippen MR) is 100 cm³/mol. The molecule has 1 amide bonds. The van der Waals surface area contributed by atoms with Crippen molar-refractivity contribution >= 4 is 22.8 Å². The Morgan fingerprint density at radius 1 is 1.31 bits per heavy atom. The molecule has 128 valence electrons. The molecule has 4 heterocycles. The second kappa shape index (κ2) is 6.29. The zero-order valence-corrected chi connectivity index (χ0v) is 14.1. The van der Waals surface area contributed by atoms with E-state index in [9.17, 15) is 4.79 Å². The molecule has 0 aliphatic carbocycles. The number of hydrogen-bond acceptors (Lipinski definition) is 4. The number of hydrogen-bond donors (Lipinski definition) is 2. The second-order valence-electron chi connectivity index (χ2n) is 5.84. The van der Waals surface area contributed by atoms with Gasteiger partial charge >= 0.3 is 0 Å². The molecule has 0 radical (unpaired) electrons. The van der Waals surface area contributed by atoms with Gasteiger partial charge in [0.2, 0.25) is 5.91 Å². The zero-order valence-electron chi connectivity index (χ0n) is 14.1. The smallest absolute Gasteiger partial charge is 0.248 e. The summed E-state index contributed by atoms with van der Waals surface area (Å²) in [6.45, 7) is 3.47. The van der Waals surface area contributed by atoms with Crippen LogP contribution in [0.4, 0.5) is 5.82 Å². The van der Waals surface area contributed by atoms with Crippen molar-refractivity contribution in [3.05, 3.63) is 62.0 Å². The lowest BCUT2D eigenvalue weighted by Gasteiger charge is -2.01. The number of nitrogens with zero attached hydrogens (tertiary/aromatic N) is 4. The third-order valence-electron chi connectivity index (χ3n) is 4.16. The van der Waals surface area contributed by atoms with E-state index in [1.807, 2.05) is 36.1 Å². The molecule has 4 rings (SSSR count). The zero-order chi connectivity index (χ0) is 18.1. The Labute approximate surface area is 149 Å². The van der Waals surface area contributed by atoms with Gasteiger partial charge in [0.25, 0.3) is 0 Å². The molecule has 7 heteroatoms. The largest absolute Gasteiger partial charge is 0.345 e. The molecule has 0 spiro atoms. The molecule has 0 bridgehead atoms. The van der Waals surface area contributed by atoms with Crippen molar-refractivity contribution in [2.75, 3.05) is 5.32 Å². The summed E-state index contributed by atoms with van der Waals surface area (Å²) in [4.78, 5) is 27.5. The fraction of sp³-hybridized carbons (Fsp3) is 0.0526. The number of carbonyl (C=O) groups excluding carboxylic acids is 1. The van der Waals surface area contributed by atoms with E-state index in [1.165, 1.54) is 12.4 Å². The molecule has 0 fully saturated rings. The Kier molecular flexibility index (Phi) is 3.81. The highest BCUT2D eigenvalue weighted by molar-refractivity contribution is 5.99. The first-order valence-corrected chi connectivity index (χ1v) is 7.99. The number of aromatic amines is 1. The van der Waals surface area contributed by atoms with Gasteiger partial charge in [-0.25, -0.2) is 15.0 Å². The maximum absolute atomic E-state index is 11.5. The average Bonchev–Trinajstić information content (AvgIpc) is 3.25. The third kappa shape index (κ3) is 2.75. The third-order valence-corrected chi connectivity index (χ3v) is 4.16. The monoisotopic (exact) mass is 344 g/mol. The van der Waals surface area contributed by atoms with Gasteiger partial charge in [0.15, 0.2) is 0 Å². The Morgan fingerprint density at radius 3 is 2.96 bits per heavy atom. The molecule has 4 aromatic heterocycles. The number of aromatic nitrogens is 5. The molecule has 0 saturated heterocycles. The number of nitrogens with one attached hydrogen (secondary N) is 2. The van der Waals surface area contributed by atoms with Gasteiger partial charge in [-0.2, -0.15) is 0 Å². The first kappa shape index (κ1) is 15.8. The fourth-order valence-electron chi connectivity index (χ4n) is 2.85. The van der Waals surface area contributed by atoms with Crippen molar-refractivity contribution in [2.45, 2.75) is 0 Å². The fourth-order valence-corrected chi connectivity index (χ4v) is 2.85. The van der Waals surface area contributed by atoms with Gasteiger partial charge < -0.3 is 14.9 Å². The van der Waals surface area contributed by atoms with Crippen LogP contribution in [0.3, 0.4) is 0 Å². The van der Waals surface area contributed by atoms with Crippen molar-refractivity contribution in [2.24, 2.45) is 7.05 Å². The van der Waals surface area contributed by atoms with E-state index in [-0.39, 0.29) is 5.91 Å². The number of amides is 1. The van der Waals surface area contributed by atoms with E-state index in [0.29, 0.717) is 5.82 Å². The molecule has 0 aromatic carbocycles. The Morgan fingerprint density at radius 2 is 2.19 bits per heavy atom.